The van der Waals surface area contributed by atoms with Gasteiger partial charge >= 0.3 is 0 Å². The molecule has 1 aromatic carbocycles. The SMILES string of the molecule is Cc1cc(O)ccc1C(=O)N1CC1. The minimum atomic E-state index is 0.0671. The predicted octanol–water partition coefficient (Wildman–Crippen LogP) is 1.16. The normalized spacial score (nSPS) is 14.4. The first-order chi connectivity index (χ1) is 6.18. The van der Waals surface area contributed by atoms with Gasteiger partial charge in [-0.25, -0.2) is 0 Å². The van der Waals surface area contributed by atoms with Crippen LogP contribution in [0.2, 0.25) is 0 Å². The van der Waals surface area contributed by atoms with E-state index in [0.29, 0.717) is 5.56 Å². The number of hydrogen-bond donors (Lipinski definition) is 1. The van der Waals surface area contributed by atoms with Crippen LogP contribution in [-0.2, 0) is 0 Å². The first-order valence-electron chi connectivity index (χ1n) is 4.27. The van der Waals surface area contributed by atoms with Gasteiger partial charge in [-0.15, -0.1) is 0 Å². The third-order valence-electron chi connectivity index (χ3n) is 2.17. The van der Waals surface area contributed by atoms with Crippen LogP contribution in [0, 0.1) is 6.92 Å². The van der Waals surface area contributed by atoms with Crippen LogP contribution in [0.15, 0.2) is 18.2 Å². The fourth-order valence-electron chi connectivity index (χ4n) is 1.31. The van der Waals surface area contributed by atoms with E-state index in [1.807, 2.05) is 6.92 Å². The average molecular weight is 177 g/mol. The molecule has 1 fully saturated rings. The number of phenolic OH excluding ortho intramolecular Hbond substituents is 1. The van der Waals surface area contributed by atoms with Crippen LogP contribution in [0.5, 0.6) is 5.75 Å². The van der Waals surface area contributed by atoms with Crippen molar-refractivity contribution in [3.05, 3.63) is 29.3 Å². The molecule has 3 heteroatoms. The summed E-state index contributed by atoms with van der Waals surface area (Å²) in [4.78, 5) is 13.3. The Balaban J connectivity index is 2.33. The summed E-state index contributed by atoms with van der Waals surface area (Å²) in [6, 6.07) is 4.83. The van der Waals surface area contributed by atoms with E-state index in [1.54, 1.807) is 23.1 Å². The van der Waals surface area contributed by atoms with Gasteiger partial charge in [0.05, 0.1) is 0 Å². The summed E-state index contributed by atoms with van der Waals surface area (Å²) in [6.07, 6.45) is 0. The Labute approximate surface area is 76.6 Å². The molecule has 1 N–H and O–H groups in total. The summed E-state index contributed by atoms with van der Waals surface area (Å²) >= 11 is 0. The highest BCUT2D eigenvalue weighted by atomic mass is 16.3. The molecule has 0 aromatic heterocycles. The average Bonchev–Trinajstić information content (AvgIpc) is 2.85. The number of carbonyl (C=O) groups excluding carboxylic acids is 1. The molecule has 1 aliphatic rings. The topological polar surface area (TPSA) is 40.3 Å². The standard InChI is InChI=1S/C10H11NO2/c1-7-6-8(12)2-3-9(7)10(13)11-4-5-11/h2-3,6,12H,4-5H2,1H3. The quantitative estimate of drug-likeness (QED) is 0.654. The first-order valence-corrected chi connectivity index (χ1v) is 4.27. The smallest absolute Gasteiger partial charge is 0.254 e. The van der Waals surface area contributed by atoms with E-state index in [9.17, 15) is 4.79 Å². The molecule has 1 aromatic rings. The molecule has 0 spiro atoms. The second-order valence-electron chi connectivity index (χ2n) is 3.29. The van der Waals surface area contributed by atoms with Crippen LogP contribution in [0.4, 0.5) is 0 Å². The third-order valence-corrected chi connectivity index (χ3v) is 2.17. The van der Waals surface area contributed by atoms with Crippen molar-refractivity contribution in [3.8, 4) is 5.75 Å². The van der Waals surface area contributed by atoms with E-state index in [0.717, 1.165) is 18.7 Å². The van der Waals surface area contributed by atoms with Gasteiger partial charge in [-0.05, 0) is 30.7 Å². The molecule has 2 rings (SSSR count). The fourth-order valence-corrected chi connectivity index (χ4v) is 1.31. The van der Waals surface area contributed by atoms with Gasteiger partial charge in [0.1, 0.15) is 5.75 Å². The van der Waals surface area contributed by atoms with Crippen LogP contribution in [0.25, 0.3) is 0 Å². The Bertz CT molecular complexity index is 356. The number of aryl methyl sites for hydroxylation is 1. The second-order valence-corrected chi connectivity index (χ2v) is 3.29. The van der Waals surface area contributed by atoms with Crippen molar-refractivity contribution in [2.24, 2.45) is 0 Å². The number of amides is 1. The number of aromatic hydroxyl groups is 1. The molecule has 1 amide bonds. The molecule has 1 heterocycles. The van der Waals surface area contributed by atoms with Crippen molar-refractivity contribution in [1.82, 2.24) is 4.90 Å². The highest BCUT2D eigenvalue weighted by Crippen LogP contribution is 2.19. The van der Waals surface area contributed by atoms with Crippen molar-refractivity contribution in [2.75, 3.05) is 13.1 Å². The molecule has 0 atom stereocenters. The number of hydrogen-bond acceptors (Lipinski definition) is 2. The predicted molar refractivity (Wildman–Crippen MR) is 48.7 cm³/mol. The highest BCUT2D eigenvalue weighted by Gasteiger charge is 2.26. The van der Waals surface area contributed by atoms with Crippen LogP contribution < -0.4 is 0 Å². The summed E-state index contributed by atoms with van der Waals surface area (Å²) in [7, 11) is 0. The molecule has 0 saturated carbocycles. The molecule has 1 saturated heterocycles. The summed E-state index contributed by atoms with van der Waals surface area (Å²) in [5.74, 6) is 0.275. The lowest BCUT2D eigenvalue weighted by atomic mass is 10.1. The summed E-state index contributed by atoms with van der Waals surface area (Å²) in [5.41, 5.74) is 1.52. The van der Waals surface area contributed by atoms with Gasteiger partial charge in [0.2, 0.25) is 0 Å². The van der Waals surface area contributed by atoms with Crippen LogP contribution in [0.3, 0.4) is 0 Å². The number of benzene rings is 1. The third kappa shape index (κ3) is 1.49. The van der Waals surface area contributed by atoms with Crippen molar-refractivity contribution in [2.45, 2.75) is 6.92 Å². The van der Waals surface area contributed by atoms with Gasteiger partial charge in [-0.2, -0.15) is 0 Å². The molecular formula is C10H11NO2. The van der Waals surface area contributed by atoms with Crippen molar-refractivity contribution < 1.29 is 9.90 Å². The molecule has 1 aliphatic heterocycles. The number of phenols is 1. The van der Waals surface area contributed by atoms with Gasteiger partial charge in [-0.1, -0.05) is 0 Å². The maximum Gasteiger partial charge on any atom is 0.254 e. The Morgan fingerprint density at radius 1 is 1.46 bits per heavy atom. The Morgan fingerprint density at radius 2 is 2.15 bits per heavy atom. The van der Waals surface area contributed by atoms with Crippen molar-refractivity contribution in [1.29, 1.82) is 0 Å². The van der Waals surface area contributed by atoms with Gasteiger partial charge in [0, 0.05) is 18.7 Å². The minimum Gasteiger partial charge on any atom is -0.508 e. The first kappa shape index (κ1) is 8.10. The molecule has 0 aliphatic carbocycles. The maximum atomic E-state index is 11.6. The van der Waals surface area contributed by atoms with Crippen molar-refractivity contribution in [3.63, 3.8) is 0 Å². The summed E-state index contributed by atoms with van der Waals surface area (Å²) in [5, 5.41) is 9.15. The summed E-state index contributed by atoms with van der Waals surface area (Å²) in [6.45, 7) is 3.55. The van der Waals surface area contributed by atoms with Gasteiger partial charge in [0.15, 0.2) is 0 Å². The molecule has 0 radical (unpaired) electrons. The number of carbonyl (C=O) groups is 1. The second kappa shape index (κ2) is 2.76. The van der Waals surface area contributed by atoms with E-state index < -0.39 is 0 Å². The Kier molecular flexibility index (Phi) is 1.72. The number of nitrogens with zero attached hydrogens (tertiary/aromatic N) is 1. The zero-order valence-corrected chi connectivity index (χ0v) is 7.45. The van der Waals surface area contributed by atoms with Gasteiger partial charge in [0.25, 0.3) is 5.91 Å². The lowest BCUT2D eigenvalue weighted by Crippen LogP contribution is -2.11. The van der Waals surface area contributed by atoms with E-state index in [1.165, 1.54) is 0 Å². The van der Waals surface area contributed by atoms with Gasteiger partial charge in [-0.3, -0.25) is 4.79 Å². The fraction of sp³-hybridized carbons (Fsp3) is 0.300. The van der Waals surface area contributed by atoms with Crippen LogP contribution >= 0.6 is 0 Å². The lowest BCUT2D eigenvalue weighted by Gasteiger charge is -2.05. The van der Waals surface area contributed by atoms with E-state index in [-0.39, 0.29) is 11.7 Å². The molecular weight excluding hydrogens is 166 g/mol. The van der Waals surface area contributed by atoms with E-state index in [4.69, 9.17) is 5.11 Å². The molecule has 68 valence electrons. The minimum absolute atomic E-state index is 0.0671. The molecule has 0 unspecified atom stereocenters. The monoisotopic (exact) mass is 177 g/mol. The molecule has 13 heavy (non-hydrogen) atoms. The zero-order chi connectivity index (χ0) is 9.42. The maximum absolute atomic E-state index is 11.6. The highest BCUT2D eigenvalue weighted by molar-refractivity contribution is 5.97. The Hall–Kier alpha value is -1.51. The van der Waals surface area contributed by atoms with Gasteiger partial charge < -0.3 is 10.0 Å². The number of rotatable bonds is 1. The van der Waals surface area contributed by atoms with E-state index in [2.05, 4.69) is 0 Å². The molecule has 0 bridgehead atoms. The Morgan fingerprint density at radius 3 is 2.69 bits per heavy atom. The van der Waals surface area contributed by atoms with Crippen molar-refractivity contribution >= 4 is 5.91 Å². The zero-order valence-electron chi connectivity index (χ0n) is 7.45. The largest absolute Gasteiger partial charge is 0.508 e. The molecule has 3 nitrogen and oxygen atoms in total. The van der Waals surface area contributed by atoms with E-state index >= 15 is 0 Å². The summed E-state index contributed by atoms with van der Waals surface area (Å²) < 4.78 is 0. The van der Waals surface area contributed by atoms with Crippen LogP contribution in [-0.4, -0.2) is 29.0 Å². The lowest BCUT2D eigenvalue weighted by molar-refractivity contribution is 0.0885. The van der Waals surface area contributed by atoms with Crippen LogP contribution in [0.1, 0.15) is 15.9 Å².